The Kier molecular flexibility index (Phi) is 5.76. The van der Waals surface area contributed by atoms with Crippen LogP contribution in [0.1, 0.15) is 20.7 Å². The molecule has 0 radical (unpaired) electrons. The van der Waals surface area contributed by atoms with Crippen LogP contribution in [0.2, 0.25) is 0 Å². The lowest BCUT2D eigenvalue weighted by atomic mass is 9.96. The molecule has 0 aromatic heterocycles. The smallest absolute Gasteiger partial charge is 0.245 e. The molecule has 0 saturated heterocycles. The minimum Gasteiger partial charge on any atom is -0.324 e. The predicted octanol–water partition coefficient (Wildman–Crippen LogP) is 3.92. The number of rotatable bonds is 5. The van der Waals surface area contributed by atoms with Crippen molar-refractivity contribution < 1.29 is 22.8 Å². The Morgan fingerprint density at radius 2 is 1.46 bits per heavy atom. The van der Waals surface area contributed by atoms with E-state index in [0.29, 0.717) is 9.99 Å². The normalized spacial score (nSPS) is 17.0. The molecule has 0 fully saturated rings. The van der Waals surface area contributed by atoms with E-state index < -0.39 is 40.1 Å². The van der Waals surface area contributed by atoms with Crippen LogP contribution in [0.4, 0.5) is 5.69 Å². The maximum atomic E-state index is 13.5. The Hall–Kier alpha value is -4.14. The summed E-state index contributed by atoms with van der Waals surface area (Å²) < 4.78 is 27.8. The van der Waals surface area contributed by atoms with Gasteiger partial charge in [-0.2, -0.15) is 4.31 Å². The summed E-state index contributed by atoms with van der Waals surface area (Å²) in [6.07, 6.45) is 0. The Bertz CT molecular complexity index is 1580. The molecule has 4 aromatic carbocycles. The molecule has 1 aliphatic rings. The zero-order valence-corrected chi connectivity index (χ0v) is 19.2. The van der Waals surface area contributed by atoms with Gasteiger partial charge in [0.2, 0.25) is 15.9 Å². The van der Waals surface area contributed by atoms with Crippen molar-refractivity contribution in [1.29, 1.82) is 0 Å². The number of anilines is 1. The van der Waals surface area contributed by atoms with Crippen molar-refractivity contribution in [2.45, 2.75) is 10.9 Å². The number of hydrogen-bond donors (Lipinski definition) is 1. The molecular weight excluding hydrogens is 464 g/mol. The van der Waals surface area contributed by atoms with Crippen LogP contribution in [-0.2, 0) is 14.8 Å². The first kappa shape index (κ1) is 22.6. The second-order valence-electron chi connectivity index (χ2n) is 8.12. The number of Topliss-reactive ketones (excluding diaryl/α,β-unsaturated/α-hetero) is 2. The van der Waals surface area contributed by atoms with Gasteiger partial charge in [0.25, 0.3) is 0 Å². The third-order valence-corrected chi connectivity index (χ3v) is 7.81. The third kappa shape index (κ3) is 4.03. The molecule has 0 bridgehead atoms. The molecule has 8 heteroatoms. The highest BCUT2D eigenvalue weighted by Gasteiger charge is 2.48. The predicted molar refractivity (Wildman–Crippen MR) is 132 cm³/mol. The van der Waals surface area contributed by atoms with Gasteiger partial charge >= 0.3 is 0 Å². The van der Waals surface area contributed by atoms with Gasteiger partial charge in [-0.25, -0.2) is 8.42 Å². The summed E-state index contributed by atoms with van der Waals surface area (Å²) in [5.74, 6) is -2.02. The average molecular weight is 485 g/mol. The SMILES string of the molecule is O=C(CN1C(C(=O)c2ccccc2)C(=O)c2ccccc2S1(=O)=O)Nc1cccc2ccccc12. The molecule has 1 amide bonds. The van der Waals surface area contributed by atoms with Crippen molar-refractivity contribution in [1.82, 2.24) is 4.31 Å². The Balaban J connectivity index is 1.54. The number of hydrogen-bond acceptors (Lipinski definition) is 5. The standard InChI is InChI=1S/C27H20N2O5S/c30-24(28-22-15-8-12-18-9-4-5-13-20(18)22)17-29-25(26(31)19-10-2-1-3-11-19)27(32)21-14-6-7-16-23(21)35(29,33)34/h1-16,25H,17H2,(H,28,30). The number of fused-ring (bicyclic) bond motifs is 2. The number of ketones is 2. The van der Waals surface area contributed by atoms with Crippen LogP contribution in [0, 0.1) is 0 Å². The van der Waals surface area contributed by atoms with Crippen LogP contribution in [0.15, 0.2) is 102 Å². The minimum atomic E-state index is -4.32. The molecule has 7 nitrogen and oxygen atoms in total. The van der Waals surface area contributed by atoms with Crippen LogP contribution in [0.3, 0.4) is 0 Å². The van der Waals surface area contributed by atoms with Crippen LogP contribution < -0.4 is 5.32 Å². The zero-order chi connectivity index (χ0) is 24.6. The molecule has 1 N–H and O–H groups in total. The zero-order valence-electron chi connectivity index (χ0n) is 18.4. The lowest BCUT2D eigenvalue weighted by Crippen LogP contribution is -2.55. The number of benzene rings is 4. The van der Waals surface area contributed by atoms with Gasteiger partial charge in [0, 0.05) is 22.2 Å². The summed E-state index contributed by atoms with van der Waals surface area (Å²) in [6, 6.07) is 24.8. The van der Waals surface area contributed by atoms with Gasteiger partial charge in [0.05, 0.1) is 11.4 Å². The van der Waals surface area contributed by atoms with E-state index in [1.807, 2.05) is 30.3 Å². The van der Waals surface area contributed by atoms with Crippen molar-refractivity contribution in [3.8, 4) is 0 Å². The molecule has 5 rings (SSSR count). The van der Waals surface area contributed by atoms with Crippen molar-refractivity contribution in [2.75, 3.05) is 11.9 Å². The molecule has 174 valence electrons. The number of carbonyl (C=O) groups excluding carboxylic acids is 3. The fourth-order valence-electron chi connectivity index (χ4n) is 4.29. The van der Waals surface area contributed by atoms with E-state index >= 15 is 0 Å². The largest absolute Gasteiger partial charge is 0.324 e. The maximum Gasteiger partial charge on any atom is 0.245 e. The van der Waals surface area contributed by atoms with Gasteiger partial charge in [-0.05, 0) is 23.6 Å². The van der Waals surface area contributed by atoms with Gasteiger partial charge in [-0.1, -0.05) is 78.9 Å². The van der Waals surface area contributed by atoms with Crippen molar-refractivity contribution >= 4 is 44.0 Å². The highest BCUT2D eigenvalue weighted by Crippen LogP contribution is 2.32. The first-order chi connectivity index (χ1) is 16.9. The van der Waals surface area contributed by atoms with E-state index in [0.717, 1.165) is 10.8 Å². The first-order valence-electron chi connectivity index (χ1n) is 10.9. The summed E-state index contributed by atoms with van der Waals surface area (Å²) in [6.45, 7) is -0.700. The van der Waals surface area contributed by atoms with Crippen molar-refractivity contribution in [3.05, 3.63) is 108 Å². The summed E-state index contributed by atoms with van der Waals surface area (Å²) >= 11 is 0. The van der Waals surface area contributed by atoms with E-state index in [9.17, 15) is 22.8 Å². The molecule has 0 spiro atoms. The minimum absolute atomic E-state index is 0.0625. The van der Waals surface area contributed by atoms with Crippen LogP contribution in [-0.4, -0.2) is 42.8 Å². The maximum absolute atomic E-state index is 13.5. The highest BCUT2D eigenvalue weighted by atomic mass is 32.2. The molecule has 1 heterocycles. The lowest BCUT2D eigenvalue weighted by molar-refractivity contribution is -0.116. The monoisotopic (exact) mass is 484 g/mol. The van der Waals surface area contributed by atoms with Gasteiger partial charge in [0.1, 0.15) is 0 Å². The Morgan fingerprint density at radius 3 is 2.26 bits per heavy atom. The van der Waals surface area contributed by atoms with Crippen LogP contribution in [0.25, 0.3) is 10.8 Å². The topological polar surface area (TPSA) is 101 Å². The summed E-state index contributed by atoms with van der Waals surface area (Å²) in [5, 5.41) is 4.42. The Morgan fingerprint density at radius 1 is 0.800 bits per heavy atom. The molecule has 4 aromatic rings. The van der Waals surface area contributed by atoms with Crippen molar-refractivity contribution in [3.63, 3.8) is 0 Å². The number of sulfonamides is 1. The van der Waals surface area contributed by atoms with E-state index in [1.54, 1.807) is 36.4 Å². The second kappa shape index (κ2) is 8.90. The van der Waals surface area contributed by atoms with Crippen LogP contribution >= 0.6 is 0 Å². The molecule has 1 unspecified atom stereocenters. The van der Waals surface area contributed by atoms with Gasteiger partial charge in [0.15, 0.2) is 17.6 Å². The number of nitrogens with zero attached hydrogens (tertiary/aromatic N) is 1. The summed E-state index contributed by atoms with van der Waals surface area (Å²) in [7, 11) is -4.32. The molecule has 1 atom stereocenters. The van der Waals surface area contributed by atoms with Gasteiger partial charge in [-0.15, -0.1) is 0 Å². The van der Waals surface area contributed by atoms with E-state index in [2.05, 4.69) is 5.32 Å². The van der Waals surface area contributed by atoms with Crippen LogP contribution in [0.5, 0.6) is 0 Å². The second-order valence-corrected chi connectivity index (χ2v) is 9.98. The fraction of sp³-hybridized carbons (Fsp3) is 0.0741. The number of nitrogens with one attached hydrogen (secondary N) is 1. The average Bonchev–Trinajstić information content (AvgIpc) is 2.88. The van der Waals surface area contributed by atoms with E-state index in [1.165, 1.54) is 30.3 Å². The molecule has 0 saturated carbocycles. The van der Waals surface area contributed by atoms with E-state index in [4.69, 9.17) is 0 Å². The molecule has 0 aliphatic carbocycles. The summed E-state index contributed by atoms with van der Waals surface area (Å²) in [5.41, 5.74) is 0.618. The van der Waals surface area contributed by atoms with Gasteiger partial charge in [-0.3, -0.25) is 14.4 Å². The van der Waals surface area contributed by atoms with Gasteiger partial charge < -0.3 is 5.32 Å². The highest BCUT2D eigenvalue weighted by molar-refractivity contribution is 7.89. The fourth-order valence-corrected chi connectivity index (χ4v) is 6.00. The number of amides is 1. The lowest BCUT2D eigenvalue weighted by Gasteiger charge is -2.33. The molecular formula is C27H20N2O5S. The third-order valence-electron chi connectivity index (χ3n) is 5.95. The van der Waals surface area contributed by atoms with E-state index in [-0.39, 0.29) is 16.0 Å². The summed E-state index contributed by atoms with van der Waals surface area (Å²) in [4.78, 5) is 39.6. The van der Waals surface area contributed by atoms with Crippen molar-refractivity contribution in [2.24, 2.45) is 0 Å². The first-order valence-corrected chi connectivity index (χ1v) is 12.3. The Labute approximate surface area is 202 Å². The number of carbonyl (C=O) groups is 3. The molecule has 1 aliphatic heterocycles. The quantitative estimate of drug-likeness (QED) is 0.342. The molecule has 35 heavy (non-hydrogen) atoms.